The number of piperidine rings is 1. The van der Waals surface area contributed by atoms with Gasteiger partial charge in [0, 0.05) is 61.6 Å². The van der Waals surface area contributed by atoms with E-state index in [1.165, 1.54) is 5.56 Å². The van der Waals surface area contributed by atoms with Crippen molar-refractivity contribution in [2.45, 2.75) is 38.3 Å². The van der Waals surface area contributed by atoms with Gasteiger partial charge in [0.15, 0.2) is 0 Å². The molecule has 1 aliphatic rings. The molecule has 5 rings (SSSR count). The number of aromatic amines is 1. The fourth-order valence-corrected chi connectivity index (χ4v) is 5.24. The predicted molar refractivity (Wildman–Crippen MR) is 149 cm³/mol. The van der Waals surface area contributed by atoms with E-state index in [0.717, 1.165) is 47.2 Å². The molecule has 2 N–H and O–H groups in total. The highest BCUT2D eigenvalue weighted by atomic mass is 16.2. The van der Waals surface area contributed by atoms with Crippen LogP contribution in [0.4, 0.5) is 0 Å². The number of hydrogen-bond donors (Lipinski definition) is 2. The van der Waals surface area contributed by atoms with Gasteiger partial charge in [0.25, 0.3) is 5.91 Å². The minimum Gasteiger partial charge on any atom is -0.348 e. The number of nitrogens with zero attached hydrogens (tertiary/aromatic N) is 4. The number of fused-ring (bicyclic) bond motifs is 1. The summed E-state index contributed by atoms with van der Waals surface area (Å²) < 4.78 is 0. The van der Waals surface area contributed by atoms with Crippen molar-refractivity contribution in [1.82, 2.24) is 30.3 Å². The van der Waals surface area contributed by atoms with Crippen LogP contribution in [-0.2, 0) is 11.2 Å². The highest BCUT2D eigenvalue weighted by molar-refractivity contribution is 6.01. The summed E-state index contributed by atoms with van der Waals surface area (Å²) in [6.45, 7) is 3.34. The molecule has 0 spiro atoms. The van der Waals surface area contributed by atoms with Gasteiger partial charge in [-0.3, -0.25) is 24.6 Å². The lowest BCUT2D eigenvalue weighted by atomic mass is 9.96. The van der Waals surface area contributed by atoms with E-state index in [2.05, 4.69) is 37.5 Å². The SMILES string of the molecule is Cc1cc(-c2n[nH]c3ccc(C(=O)N[C@@H]4CC[C@@H](C(=O)N(C)C)N(CCc5ccccc5)C4)cc23)ccn1. The number of aromatic nitrogens is 3. The number of likely N-dealkylation sites (N-methyl/N-ethyl adjacent to an activating group) is 1. The maximum absolute atomic E-state index is 13.3. The first kappa shape index (κ1) is 25.6. The van der Waals surface area contributed by atoms with Crippen molar-refractivity contribution in [3.8, 4) is 11.3 Å². The number of nitrogens with one attached hydrogen (secondary N) is 2. The predicted octanol–water partition coefficient (Wildman–Crippen LogP) is 3.83. The second kappa shape index (κ2) is 11.1. The molecule has 2 amide bonds. The van der Waals surface area contributed by atoms with Crippen molar-refractivity contribution in [2.24, 2.45) is 0 Å². The number of carbonyl (C=O) groups is 2. The smallest absolute Gasteiger partial charge is 0.251 e. The van der Waals surface area contributed by atoms with Crippen LogP contribution < -0.4 is 5.32 Å². The van der Waals surface area contributed by atoms with Crippen molar-refractivity contribution in [3.05, 3.63) is 83.7 Å². The third-order valence-electron chi connectivity index (χ3n) is 7.27. The van der Waals surface area contributed by atoms with Gasteiger partial charge in [-0.25, -0.2) is 0 Å². The number of likely N-dealkylation sites (tertiary alicyclic amines) is 1. The lowest BCUT2D eigenvalue weighted by molar-refractivity contribution is -0.135. The van der Waals surface area contributed by atoms with Crippen molar-refractivity contribution in [2.75, 3.05) is 27.2 Å². The fourth-order valence-electron chi connectivity index (χ4n) is 5.24. The summed E-state index contributed by atoms with van der Waals surface area (Å²) in [7, 11) is 3.61. The number of hydrogen-bond acceptors (Lipinski definition) is 5. The molecule has 0 unspecified atom stereocenters. The minimum atomic E-state index is -0.171. The molecule has 1 aliphatic heterocycles. The summed E-state index contributed by atoms with van der Waals surface area (Å²) in [6, 6.07) is 19.6. The number of rotatable bonds is 7. The van der Waals surface area contributed by atoms with Crippen LogP contribution in [-0.4, -0.2) is 76.1 Å². The molecule has 0 aliphatic carbocycles. The first-order valence-electron chi connectivity index (χ1n) is 13.1. The maximum atomic E-state index is 13.3. The van der Waals surface area contributed by atoms with Gasteiger partial charge in [-0.2, -0.15) is 5.10 Å². The second-order valence-electron chi connectivity index (χ2n) is 10.2. The van der Waals surface area contributed by atoms with E-state index in [4.69, 9.17) is 0 Å². The minimum absolute atomic E-state index is 0.0353. The van der Waals surface area contributed by atoms with Crippen molar-refractivity contribution in [3.63, 3.8) is 0 Å². The molecule has 38 heavy (non-hydrogen) atoms. The van der Waals surface area contributed by atoms with Gasteiger partial charge in [-0.05, 0) is 62.1 Å². The number of amides is 2. The van der Waals surface area contributed by atoms with Gasteiger partial charge < -0.3 is 10.2 Å². The van der Waals surface area contributed by atoms with Crippen LogP contribution in [0.2, 0.25) is 0 Å². The first-order valence-corrected chi connectivity index (χ1v) is 13.1. The van der Waals surface area contributed by atoms with E-state index in [-0.39, 0.29) is 23.9 Å². The molecule has 2 atom stereocenters. The fraction of sp³-hybridized carbons (Fsp3) is 0.333. The van der Waals surface area contributed by atoms with E-state index in [9.17, 15) is 9.59 Å². The Morgan fingerprint density at radius 1 is 1.08 bits per heavy atom. The molecule has 196 valence electrons. The Hall–Kier alpha value is -4.04. The average molecular weight is 511 g/mol. The molecule has 3 heterocycles. The molecule has 2 aromatic carbocycles. The van der Waals surface area contributed by atoms with Gasteiger partial charge in [-0.1, -0.05) is 30.3 Å². The highest BCUT2D eigenvalue weighted by Gasteiger charge is 2.34. The quantitative estimate of drug-likeness (QED) is 0.394. The van der Waals surface area contributed by atoms with E-state index in [1.807, 2.05) is 55.5 Å². The van der Waals surface area contributed by atoms with Crippen LogP contribution >= 0.6 is 0 Å². The second-order valence-corrected chi connectivity index (χ2v) is 10.2. The van der Waals surface area contributed by atoms with E-state index < -0.39 is 0 Å². The first-order chi connectivity index (χ1) is 18.4. The van der Waals surface area contributed by atoms with Crippen LogP contribution in [0.1, 0.15) is 34.5 Å². The van der Waals surface area contributed by atoms with Gasteiger partial charge in [0.1, 0.15) is 5.69 Å². The Kier molecular flexibility index (Phi) is 7.51. The Bertz CT molecular complexity index is 1430. The van der Waals surface area contributed by atoms with Crippen molar-refractivity contribution < 1.29 is 9.59 Å². The molecule has 1 saturated heterocycles. The van der Waals surface area contributed by atoms with Gasteiger partial charge in [0.2, 0.25) is 5.91 Å². The number of H-pyrrole nitrogens is 1. The average Bonchev–Trinajstić information content (AvgIpc) is 3.35. The third-order valence-corrected chi connectivity index (χ3v) is 7.27. The standard InChI is InChI=1S/C30H34N6O2/c1-20-17-22(13-15-31-20)28-25-18-23(9-11-26(25)33-34-28)29(37)32-24-10-12-27(30(38)35(2)3)36(19-24)16-14-21-7-5-4-6-8-21/h4-9,11,13,15,17-18,24,27H,10,12,14,16,19H2,1-3H3,(H,32,37)(H,33,34)/t24-,27+/m1/s1. The normalized spacial score (nSPS) is 17.9. The van der Waals surface area contributed by atoms with E-state index in [0.29, 0.717) is 18.5 Å². The van der Waals surface area contributed by atoms with Crippen molar-refractivity contribution in [1.29, 1.82) is 0 Å². The number of pyridine rings is 1. The topological polar surface area (TPSA) is 94.2 Å². The summed E-state index contributed by atoms with van der Waals surface area (Å²) >= 11 is 0. The zero-order valence-corrected chi connectivity index (χ0v) is 22.1. The van der Waals surface area contributed by atoms with Crippen LogP contribution in [0.25, 0.3) is 22.2 Å². The molecule has 1 fully saturated rings. The van der Waals surface area contributed by atoms with Gasteiger partial charge in [-0.15, -0.1) is 0 Å². The highest BCUT2D eigenvalue weighted by Crippen LogP contribution is 2.27. The molecular formula is C30H34N6O2. The van der Waals surface area contributed by atoms with Crippen LogP contribution in [0, 0.1) is 6.92 Å². The summed E-state index contributed by atoms with van der Waals surface area (Å²) in [5.74, 6) is 0.00230. The Balaban J connectivity index is 1.31. The van der Waals surface area contributed by atoms with Gasteiger partial charge in [0.05, 0.1) is 11.6 Å². The zero-order valence-electron chi connectivity index (χ0n) is 22.1. The molecule has 0 saturated carbocycles. The Morgan fingerprint density at radius 2 is 1.89 bits per heavy atom. The molecule has 4 aromatic rings. The lowest BCUT2D eigenvalue weighted by Crippen LogP contribution is -2.56. The Labute approximate surface area is 223 Å². The third kappa shape index (κ3) is 5.60. The lowest BCUT2D eigenvalue weighted by Gasteiger charge is -2.40. The summed E-state index contributed by atoms with van der Waals surface area (Å²) in [5.41, 5.74) is 5.37. The molecule has 2 aromatic heterocycles. The number of benzene rings is 2. The molecular weight excluding hydrogens is 476 g/mol. The van der Waals surface area contributed by atoms with Crippen LogP contribution in [0.5, 0.6) is 0 Å². The largest absolute Gasteiger partial charge is 0.348 e. The monoisotopic (exact) mass is 510 g/mol. The molecule has 8 nitrogen and oxygen atoms in total. The van der Waals surface area contributed by atoms with E-state index in [1.54, 1.807) is 25.2 Å². The zero-order chi connectivity index (χ0) is 26.6. The summed E-state index contributed by atoms with van der Waals surface area (Å²) in [5, 5.41) is 11.7. The van der Waals surface area contributed by atoms with Crippen molar-refractivity contribution >= 4 is 22.7 Å². The number of carbonyl (C=O) groups excluding carboxylic acids is 2. The Morgan fingerprint density at radius 3 is 2.66 bits per heavy atom. The van der Waals surface area contributed by atoms with E-state index >= 15 is 0 Å². The summed E-state index contributed by atoms with van der Waals surface area (Å²) in [6.07, 6.45) is 4.09. The van der Waals surface area contributed by atoms with Crippen LogP contribution in [0.3, 0.4) is 0 Å². The maximum Gasteiger partial charge on any atom is 0.251 e. The molecule has 0 radical (unpaired) electrons. The molecule has 0 bridgehead atoms. The van der Waals surface area contributed by atoms with Gasteiger partial charge >= 0.3 is 0 Å². The molecule has 8 heteroatoms. The number of aryl methyl sites for hydroxylation is 1. The van der Waals surface area contributed by atoms with Crippen LogP contribution in [0.15, 0.2) is 66.9 Å². The summed E-state index contributed by atoms with van der Waals surface area (Å²) in [4.78, 5) is 34.4.